The Balaban J connectivity index is 1.55. The minimum atomic E-state index is -0.349. The number of morpholine rings is 1. The Morgan fingerprint density at radius 1 is 1.27 bits per heavy atom. The average Bonchev–Trinajstić information content (AvgIpc) is 2.90. The largest absolute Gasteiger partial charge is 0.370 e. The van der Waals surface area contributed by atoms with Gasteiger partial charge in [-0.25, -0.2) is 4.90 Å². The van der Waals surface area contributed by atoms with E-state index in [-0.39, 0.29) is 30.2 Å². The molecule has 0 unspecified atom stereocenters. The summed E-state index contributed by atoms with van der Waals surface area (Å²) in [6.45, 7) is 6.79. The molecule has 0 radical (unpaired) electrons. The number of nitrogens with zero attached hydrogens (tertiary/aromatic N) is 1. The van der Waals surface area contributed by atoms with Crippen molar-refractivity contribution in [2.75, 3.05) is 49.6 Å². The van der Waals surface area contributed by atoms with E-state index in [4.69, 9.17) is 4.74 Å². The fourth-order valence-electron chi connectivity index (χ4n) is 3.41. The van der Waals surface area contributed by atoms with Crippen molar-refractivity contribution < 1.29 is 29.3 Å². The van der Waals surface area contributed by atoms with Crippen molar-refractivity contribution in [3.8, 4) is 0 Å². The molecule has 140 valence electrons. The van der Waals surface area contributed by atoms with Crippen molar-refractivity contribution in [1.29, 1.82) is 0 Å². The molecule has 2 heterocycles. The molecule has 4 N–H and O–H groups in total. The number of nitrogens with one attached hydrogen (secondary N) is 2. The lowest BCUT2D eigenvalue weighted by Crippen LogP contribution is -3.16. The molecule has 2 saturated heterocycles. The molecule has 1 aromatic rings. The van der Waals surface area contributed by atoms with Gasteiger partial charge < -0.3 is 20.3 Å². The summed E-state index contributed by atoms with van der Waals surface area (Å²) in [4.78, 5) is 38.8. The standard InChI is InChI=1S/C18H24N4O4/c1-13(23)20-14-2-4-15(5-3-14)22-17(24)12-16(18(22)25)19-6-7-21-8-10-26-11-9-21/h2-5,16,19H,6-12H2,1H3,(H,20,23)/p+2/t16-/m0/s1. The summed E-state index contributed by atoms with van der Waals surface area (Å²) in [5.74, 6) is -0.510. The summed E-state index contributed by atoms with van der Waals surface area (Å²) in [7, 11) is 0. The zero-order valence-electron chi connectivity index (χ0n) is 15.0. The molecule has 1 atom stereocenters. The first-order chi connectivity index (χ1) is 12.5. The SMILES string of the molecule is CC(=O)Nc1ccc(N2C(=O)C[C@H]([NH2+]CC[NH+]3CCOCC3)C2=O)cc1. The maximum Gasteiger partial charge on any atom is 0.292 e. The van der Waals surface area contributed by atoms with Gasteiger partial charge in [-0.1, -0.05) is 0 Å². The van der Waals surface area contributed by atoms with Crippen molar-refractivity contribution in [2.24, 2.45) is 0 Å². The number of carbonyl (C=O) groups excluding carboxylic acids is 3. The van der Waals surface area contributed by atoms with Crippen molar-refractivity contribution >= 4 is 29.1 Å². The minimum Gasteiger partial charge on any atom is -0.370 e. The molecule has 0 bridgehead atoms. The van der Waals surface area contributed by atoms with Crippen LogP contribution in [0.2, 0.25) is 0 Å². The average molecular weight is 362 g/mol. The van der Waals surface area contributed by atoms with Gasteiger partial charge in [0.1, 0.15) is 26.2 Å². The summed E-state index contributed by atoms with van der Waals surface area (Å²) in [5, 5.41) is 4.65. The van der Waals surface area contributed by atoms with Crippen LogP contribution in [0.5, 0.6) is 0 Å². The second-order valence-electron chi connectivity index (χ2n) is 6.74. The number of hydrogen-bond donors (Lipinski definition) is 3. The molecule has 2 fully saturated rings. The summed E-state index contributed by atoms with van der Waals surface area (Å²) >= 11 is 0. The number of amides is 3. The van der Waals surface area contributed by atoms with E-state index in [2.05, 4.69) is 5.32 Å². The fraction of sp³-hybridized carbons (Fsp3) is 0.500. The van der Waals surface area contributed by atoms with Gasteiger partial charge >= 0.3 is 0 Å². The second kappa shape index (κ2) is 8.39. The summed E-state index contributed by atoms with van der Waals surface area (Å²) in [6.07, 6.45) is 0.227. The number of rotatable bonds is 6. The van der Waals surface area contributed by atoms with Crippen LogP contribution in [0.25, 0.3) is 0 Å². The Bertz CT molecular complexity index is 670. The molecule has 26 heavy (non-hydrogen) atoms. The molecule has 2 aliphatic heterocycles. The van der Waals surface area contributed by atoms with Crippen molar-refractivity contribution in [1.82, 2.24) is 0 Å². The molecule has 1 aromatic carbocycles. The van der Waals surface area contributed by atoms with Crippen LogP contribution in [0.3, 0.4) is 0 Å². The third kappa shape index (κ3) is 4.46. The van der Waals surface area contributed by atoms with Crippen LogP contribution in [0, 0.1) is 0 Å². The normalized spacial score (nSPS) is 21.3. The predicted octanol–water partition coefficient (Wildman–Crippen LogP) is -2.24. The van der Waals surface area contributed by atoms with Gasteiger partial charge in [0.05, 0.1) is 25.3 Å². The van der Waals surface area contributed by atoms with Gasteiger partial charge in [-0.2, -0.15) is 0 Å². The first kappa shape index (κ1) is 18.5. The van der Waals surface area contributed by atoms with Crippen LogP contribution >= 0.6 is 0 Å². The topological polar surface area (TPSA) is 96.8 Å². The highest BCUT2D eigenvalue weighted by atomic mass is 16.5. The molecular weight excluding hydrogens is 336 g/mol. The van der Waals surface area contributed by atoms with Crippen LogP contribution in [0.1, 0.15) is 13.3 Å². The zero-order chi connectivity index (χ0) is 18.5. The predicted molar refractivity (Wildman–Crippen MR) is 94.8 cm³/mol. The van der Waals surface area contributed by atoms with Gasteiger partial charge in [0.2, 0.25) is 11.8 Å². The van der Waals surface area contributed by atoms with Gasteiger partial charge in [0.25, 0.3) is 5.91 Å². The lowest BCUT2D eigenvalue weighted by molar-refractivity contribution is -0.920. The second-order valence-corrected chi connectivity index (χ2v) is 6.74. The number of ether oxygens (including phenoxy) is 1. The number of hydrogen-bond acceptors (Lipinski definition) is 4. The lowest BCUT2D eigenvalue weighted by Gasteiger charge is -2.23. The van der Waals surface area contributed by atoms with Crippen molar-refractivity contribution in [3.05, 3.63) is 24.3 Å². The van der Waals surface area contributed by atoms with Crippen LogP contribution in [0.15, 0.2) is 24.3 Å². The highest BCUT2D eigenvalue weighted by Crippen LogP contribution is 2.23. The maximum absolute atomic E-state index is 12.6. The van der Waals surface area contributed by atoms with E-state index >= 15 is 0 Å². The minimum absolute atomic E-state index is 0.164. The fourth-order valence-corrected chi connectivity index (χ4v) is 3.41. The maximum atomic E-state index is 12.6. The van der Waals surface area contributed by atoms with Crippen LogP contribution in [-0.2, 0) is 19.1 Å². The molecule has 0 aromatic heterocycles. The number of carbonyl (C=O) groups is 3. The van der Waals surface area contributed by atoms with E-state index in [0.29, 0.717) is 11.4 Å². The Morgan fingerprint density at radius 2 is 1.96 bits per heavy atom. The van der Waals surface area contributed by atoms with Crippen LogP contribution < -0.4 is 20.4 Å². The Labute approximate surface area is 152 Å². The molecule has 0 aliphatic carbocycles. The third-order valence-corrected chi connectivity index (χ3v) is 4.78. The molecule has 0 saturated carbocycles. The van der Waals surface area contributed by atoms with Gasteiger partial charge in [0.15, 0.2) is 6.04 Å². The van der Waals surface area contributed by atoms with Gasteiger partial charge in [-0.05, 0) is 24.3 Å². The molecular formula is C18H26N4O4+2. The Hall–Kier alpha value is -2.29. The lowest BCUT2D eigenvalue weighted by atomic mass is 10.2. The highest BCUT2D eigenvalue weighted by Gasteiger charge is 2.42. The molecule has 3 amide bonds. The van der Waals surface area contributed by atoms with Gasteiger partial charge in [-0.3, -0.25) is 14.4 Å². The number of anilines is 2. The smallest absolute Gasteiger partial charge is 0.292 e. The van der Waals surface area contributed by atoms with Crippen LogP contribution in [-0.4, -0.2) is 63.2 Å². The number of benzene rings is 1. The van der Waals surface area contributed by atoms with Gasteiger partial charge in [-0.15, -0.1) is 0 Å². The molecule has 3 rings (SSSR count). The summed E-state index contributed by atoms with van der Waals surface area (Å²) < 4.78 is 5.34. The quantitative estimate of drug-likeness (QED) is 0.499. The monoisotopic (exact) mass is 362 g/mol. The molecule has 8 nitrogen and oxygen atoms in total. The Morgan fingerprint density at radius 3 is 2.62 bits per heavy atom. The summed E-state index contributed by atoms with van der Waals surface area (Å²) in [5.41, 5.74) is 1.18. The Kier molecular flexibility index (Phi) is 5.97. The van der Waals surface area contributed by atoms with E-state index in [1.54, 1.807) is 24.3 Å². The third-order valence-electron chi connectivity index (χ3n) is 4.78. The van der Waals surface area contributed by atoms with Gasteiger partial charge in [0, 0.05) is 12.6 Å². The molecule has 0 spiro atoms. The van der Waals surface area contributed by atoms with E-state index < -0.39 is 0 Å². The summed E-state index contributed by atoms with van der Waals surface area (Å²) in [6, 6.07) is 6.40. The number of quaternary nitrogens is 2. The van der Waals surface area contributed by atoms with E-state index in [9.17, 15) is 14.4 Å². The number of nitrogens with two attached hydrogens (primary N) is 1. The first-order valence-electron chi connectivity index (χ1n) is 9.03. The van der Waals surface area contributed by atoms with E-state index in [1.807, 2.05) is 5.32 Å². The van der Waals surface area contributed by atoms with Crippen molar-refractivity contribution in [2.45, 2.75) is 19.4 Å². The molecule has 8 heteroatoms. The highest BCUT2D eigenvalue weighted by molar-refractivity contribution is 6.21. The molecule has 2 aliphatic rings. The first-order valence-corrected chi connectivity index (χ1v) is 9.03. The zero-order valence-corrected chi connectivity index (χ0v) is 15.0. The number of imide groups is 1. The van der Waals surface area contributed by atoms with E-state index in [0.717, 1.165) is 39.4 Å². The van der Waals surface area contributed by atoms with E-state index in [1.165, 1.54) is 16.7 Å². The van der Waals surface area contributed by atoms with Crippen LogP contribution in [0.4, 0.5) is 11.4 Å². The van der Waals surface area contributed by atoms with Crippen molar-refractivity contribution in [3.63, 3.8) is 0 Å².